The highest BCUT2D eigenvalue weighted by Crippen LogP contribution is 2.33. The average molecular weight is 716 g/mol. The number of thiocarbonyl (C=S) groups is 1. The Hall–Kier alpha value is 0.360. The highest BCUT2D eigenvalue weighted by atomic mass is 33.1. The zero-order valence-electron chi connectivity index (χ0n) is 25.0. The monoisotopic (exact) mass is 715 g/mol. The number of carboxylic acid groups (broad SMARTS) is 1. The van der Waals surface area contributed by atoms with Crippen molar-refractivity contribution in [3.63, 3.8) is 0 Å². The molecule has 18 heteroatoms. The molecular weight excluding hydrogens is 664 g/mol. The molecule has 256 valence electrons. The maximum Gasteiger partial charge on any atom is 0.404 e. The number of rotatable bonds is 36. The molecule has 2 unspecified atom stereocenters. The van der Waals surface area contributed by atoms with Gasteiger partial charge in [0.1, 0.15) is 0 Å². The molecule has 0 fully saturated rings. The van der Waals surface area contributed by atoms with E-state index in [0.29, 0.717) is 79.0 Å². The van der Waals surface area contributed by atoms with Crippen molar-refractivity contribution >= 4 is 62.7 Å². The standard InChI is InChI=1S/C25H51NO12P2S3/c27-25(28)26-10-9-11-31-14-15-32-16-17-33-18-19-34-20-21-37-39(29)35-12-5-1-3-7-22-42-43-23-8-4-2-6-13-36-40(30)38-24-41/h24,26,29-30H,1-23H2,(H,27,28). The second-order valence-electron chi connectivity index (χ2n) is 8.68. The normalized spacial score (nSPS) is 12.7. The van der Waals surface area contributed by atoms with Crippen LogP contribution in [0.2, 0.25) is 0 Å². The predicted octanol–water partition coefficient (Wildman–Crippen LogP) is 5.67. The maximum absolute atomic E-state index is 10.3. The molecule has 1 amide bonds. The Bertz CT molecular complexity index is 612. The van der Waals surface area contributed by atoms with Gasteiger partial charge in [0.05, 0.1) is 66.1 Å². The van der Waals surface area contributed by atoms with Gasteiger partial charge in [-0.3, -0.25) is 0 Å². The van der Waals surface area contributed by atoms with Gasteiger partial charge in [0.25, 0.3) is 0 Å². The van der Waals surface area contributed by atoms with Crippen LogP contribution in [0, 0.1) is 0 Å². The molecule has 43 heavy (non-hydrogen) atoms. The minimum absolute atomic E-state index is 0.260. The second kappa shape index (κ2) is 36.8. The lowest BCUT2D eigenvalue weighted by Gasteiger charge is -2.11. The van der Waals surface area contributed by atoms with Crippen LogP contribution in [-0.2, 0) is 37.0 Å². The van der Waals surface area contributed by atoms with Crippen molar-refractivity contribution in [3.05, 3.63) is 0 Å². The molecule has 4 N–H and O–H groups in total. The van der Waals surface area contributed by atoms with Crippen LogP contribution in [0.15, 0.2) is 0 Å². The van der Waals surface area contributed by atoms with E-state index in [-0.39, 0.29) is 6.61 Å². The molecule has 0 aromatic rings. The first-order valence-electron chi connectivity index (χ1n) is 14.6. The van der Waals surface area contributed by atoms with Crippen molar-refractivity contribution in [3.8, 4) is 0 Å². The number of carbonyl (C=O) groups is 1. The Morgan fingerprint density at radius 2 is 1.05 bits per heavy atom. The fourth-order valence-corrected chi connectivity index (χ4v) is 6.57. The number of ether oxygens (including phenoxy) is 4. The van der Waals surface area contributed by atoms with Gasteiger partial charge < -0.3 is 57.3 Å². The van der Waals surface area contributed by atoms with Gasteiger partial charge in [-0.2, -0.15) is 0 Å². The van der Waals surface area contributed by atoms with Gasteiger partial charge in [0.15, 0.2) is 5.55 Å². The molecule has 0 aromatic carbocycles. The Morgan fingerprint density at radius 3 is 1.56 bits per heavy atom. The lowest BCUT2D eigenvalue weighted by atomic mass is 10.2. The largest absolute Gasteiger partial charge is 0.465 e. The molecule has 0 aliphatic heterocycles. The first-order valence-corrected chi connectivity index (χ1v) is 19.8. The summed E-state index contributed by atoms with van der Waals surface area (Å²) < 4.78 is 41.9. The van der Waals surface area contributed by atoms with Crippen molar-refractivity contribution in [2.75, 3.05) is 90.7 Å². The van der Waals surface area contributed by atoms with Gasteiger partial charge >= 0.3 is 23.3 Å². The lowest BCUT2D eigenvalue weighted by molar-refractivity contribution is -0.00526. The summed E-state index contributed by atoms with van der Waals surface area (Å²) >= 11 is 4.48. The van der Waals surface area contributed by atoms with E-state index in [1.807, 2.05) is 21.6 Å². The summed E-state index contributed by atoms with van der Waals surface area (Å²) in [6, 6.07) is 0. The third kappa shape index (κ3) is 38.5. The van der Waals surface area contributed by atoms with Crippen LogP contribution in [-0.4, -0.2) is 117 Å². The van der Waals surface area contributed by atoms with E-state index < -0.39 is 23.3 Å². The number of hydrogen-bond donors (Lipinski definition) is 4. The van der Waals surface area contributed by atoms with Gasteiger partial charge in [-0.05, 0) is 44.3 Å². The summed E-state index contributed by atoms with van der Waals surface area (Å²) in [5.41, 5.74) is 1.02. The molecular formula is C25H51NO12P2S3. The van der Waals surface area contributed by atoms with E-state index in [2.05, 4.69) is 22.1 Å². The van der Waals surface area contributed by atoms with E-state index >= 15 is 0 Å². The molecule has 0 radical (unpaired) electrons. The van der Waals surface area contributed by atoms with E-state index in [9.17, 15) is 14.6 Å². The fourth-order valence-electron chi connectivity index (χ4n) is 3.05. The van der Waals surface area contributed by atoms with Crippen LogP contribution in [0.5, 0.6) is 0 Å². The Kier molecular flexibility index (Phi) is 37.1. The van der Waals surface area contributed by atoms with Crippen molar-refractivity contribution < 1.29 is 56.7 Å². The van der Waals surface area contributed by atoms with Crippen LogP contribution in [0.1, 0.15) is 57.8 Å². The third-order valence-corrected chi connectivity index (χ3v) is 9.46. The maximum atomic E-state index is 10.3. The number of hydrogen-bond acceptors (Lipinski definition) is 14. The molecule has 0 spiro atoms. The van der Waals surface area contributed by atoms with Gasteiger partial charge in [-0.25, -0.2) is 4.79 Å². The van der Waals surface area contributed by atoms with Gasteiger partial charge in [0, 0.05) is 24.7 Å². The van der Waals surface area contributed by atoms with E-state index in [1.165, 1.54) is 12.8 Å². The molecule has 0 saturated carbocycles. The van der Waals surface area contributed by atoms with E-state index in [0.717, 1.165) is 55.6 Å². The molecule has 0 bridgehead atoms. The average Bonchev–Trinajstić information content (AvgIpc) is 2.98. The van der Waals surface area contributed by atoms with Gasteiger partial charge in [-0.15, -0.1) is 0 Å². The molecule has 0 heterocycles. The molecule has 0 aliphatic rings. The predicted molar refractivity (Wildman–Crippen MR) is 177 cm³/mol. The Labute approximate surface area is 272 Å². The highest BCUT2D eigenvalue weighted by molar-refractivity contribution is 8.76. The SMILES string of the molecule is O=C(O)NCCCOCCOCCOCCOCCOP(O)OCCCCCCSSCCCCCCOP(O)OC=S. The smallest absolute Gasteiger partial charge is 0.404 e. The van der Waals surface area contributed by atoms with Crippen molar-refractivity contribution in [1.29, 1.82) is 0 Å². The van der Waals surface area contributed by atoms with E-state index in [4.69, 9.17) is 37.6 Å². The van der Waals surface area contributed by atoms with Crippen LogP contribution in [0.3, 0.4) is 0 Å². The van der Waals surface area contributed by atoms with Gasteiger partial charge in [-0.1, -0.05) is 47.3 Å². The number of amides is 1. The molecule has 2 atom stereocenters. The minimum atomic E-state index is -1.87. The molecule has 13 nitrogen and oxygen atoms in total. The third-order valence-electron chi connectivity index (χ3n) is 5.15. The fraction of sp³-hybridized carbons (Fsp3) is 0.920. The summed E-state index contributed by atoms with van der Waals surface area (Å²) in [5, 5.41) is 10.7. The van der Waals surface area contributed by atoms with Crippen molar-refractivity contribution in [2.24, 2.45) is 0 Å². The summed E-state index contributed by atoms with van der Waals surface area (Å²) in [6.07, 6.45) is 8.21. The van der Waals surface area contributed by atoms with Crippen LogP contribution < -0.4 is 5.32 Å². The number of unbranched alkanes of at least 4 members (excludes halogenated alkanes) is 6. The first kappa shape index (κ1) is 43.4. The number of nitrogens with one attached hydrogen (secondary N) is 1. The summed E-state index contributed by atoms with van der Waals surface area (Å²) in [4.78, 5) is 29.3. The van der Waals surface area contributed by atoms with Crippen LogP contribution in [0.4, 0.5) is 4.79 Å². The second-order valence-corrected chi connectivity index (χ2v) is 13.5. The van der Waals surface area contributed by atoms with Gasteiger partial charge in [0.2, 0.25) is 0 Å². The first-order chi connectivity index (χ1) is 21.1. The van der Waals surface area contributed by atoms with Crippen LogP contribution in [0.25, 0.3) is 0 Å². The minimum Gasteiger partial charge on any atom is -0.465 e. The topological polar surface area (TPSA) is 164 Å². The zero-order chi connectivity index (χ0) is 31.5. The van der Waals surface area contributed by atoms with Crippen molar-refractivity contribution in [2.45, 2.75) is 57.8 Å². The Balaban J connectivity index is 3.17. The molecule has 0 aromatic heterocycles. The highest BCUT2D eigenvalue weighted by Gasteiger charge is 2.06. The molecule has 0 saturated heterocycles. The quantitative estimate of drug-likeness (QED) is 0.0271. The summed E-state index contributed by atoms with van der Waals surface area (Å²) in [6.45, 7) is 5.13. The summed E-state index contributed by atoms with van der Waals surface area (Å²) in [7, 11) is 0.133. The van der Waals surface area contributed by atoms with Crippen LogP contribution >= 0.6 is 51.0 Å². The lowest BCUT2D eigenvalue weighted by Crippen LogP contribution is -2.23. The molecule has 0 aliphatic carbocycles. The molecule has 0 rings (SSSR count). The van der Waals surface area contributed by atoms with E-state index in [1.54, 1.807) is 0 Å². The Morgan fingerprint density at radius 1 is 0.605 bits per heavy atom. The summed E-state index contributed by atoms with van der Waals surface area (Å²) in [5.74, 6) is 2.29. The zero-order valence-corrected chi connectivity index (χ0v) is 29.2. The van der Waals surface area contributed by atoms with Crippen molar-refractivity contribution in [1.82, 2.24) is 5.32 Å².